The van der Waals surface area contributed by atoms with Crippen LogP contribution in [0.4, 0.5) is 0 Å². The molecule has 0 fully saturated rings. The van der Waals surface area contributed by atoms with E-state index in [0.717, 1.165) is 0 Å². The van der Waals surface area contributed by atoms with Crippen molar-refractivity contribution in [3.8, 4) is 5.75 Å². The molecule has 1 atom stereocenters. The van der Waals surface area contributed by atoms with Crippen LogP contribution in [0.25, 0.3) is 0 Å². The standard InChI is InChI=1S/C11H12Cl3NO3/c12-4-10(17)15-5-7(16)6-18-9-3-1-2-8(13)11(9)14/h1-3,7,16H,4-6H2,(H,15,17). The van der Waals surface area contributed by atoms with Crippen LogP contribution in [0.5, 0.6) is 5.75 Å². The number of amides is 1. The summed E-state index contributed by atoms with van der Waals surface area (Å²) in [7, 11) is 0. The number of benzene rings is 1. The van der Waals surface area contributed by atoms with Crippen molar-refractivity contribution in [3.63, 3.8) is 0 Å². The topological polar surface area (TPSA) is 58.6 Å². The molecular formula is C11H12Cl3NO3. The molecule has 0 aromatic heterocycles. The third kappa shape index (κ3) is 4.90. The molecule has 0 aliphatic rings. The number of hydrogen-bond donors (Lipinski definition) is 2. The number of carbonyl (C=O) groups excluding carboxylic acids is 1. The second-order valence-corrected chi connectivity index (χ2v) is 4.51. The first-order valence-electron chi connectivity index (χ1n) is 5.12. The summed E-state index contributed by atoms with van der Waals surface area (Å²) in [5.74, 6) is -0.114. The Bertz CT molecular complexity index is 415. The fourth-order valence-corrected chi connectivity index (χ4v) is 1.56. The minimum atomic E-state index is -0.854. The summed E-state index contributed by atoms with van der Waals surface area (Å²) in [5, 5.41) is 12.7. The number of aliphatic hydroxyl groups is 1. The van der Waals surface area contributed by atoms with Gasteiger partial charge in [-0.3, -0.25) is 4.79 Å². The normalized spacial score (nSPS) is 12.0. The van der Waals surface area contributed by atoms with Crippen molar-refractivity contribution < 1.29 is 14.6 Å². The van der Waals surface area contributed by atoms with Crippen LogP contribution in [0.3, 0.4) is 0 Å². The minimum Gasteiger partial charge on any atom is -0.489 e. The van der Waals surface area contributed by atoms with Gasteiger partial charge in [-0.1, -0.05) is 29.3 Å². The molecule has 4 nitrogen and oxygen atoms in total. The Morgan fingerprint density at radius 2 is 2.17 bits per heavy atom. The monoisotopic (exact) mass is 311 g/mol. The summed E-state index contributed by atoms with van der Waals surface area (Å²) in [6, 6.07) is 4.96. The van der Waals surface area contributed by atoms with Gasteiger partial charge in [0, 0.05) is 6.54 Å². The van der Waals surface area contributed by atoms with Gasteiger partial charge in [0.1, 0.15) is 29.4 Å². The summed E-state index contributed by atoms with van der Waals surface area (Å²) in [4.78, 5) is 10.9. The molecule has 2 N–H and O–H groups in total. The van der Waals surface area contributed by atoms with Gasteiger partial charge in [0.2, 0.25) is 5.91 Å². The van der Waals surface area contributed by atoms with Gasteiger partial charge in [-0.25, -0.2) is 0 Å². The molecule has 18 heavy (non-hydrogen) atoms. The van der Waals surface area contributed by atoms with E-state index in [1.54, 1.807) is 18.2 Å². The van der Waals surface area contributed by atoms with E-state index in [1.807, 2.05) is 0 Å². The van der Waals surface area contributed by atoms with Gasteiger partial charge in [-0.2, -0.15) is 0 Å². The maximum Gasteiger partial charge on any atom is 0.235 e. The number of aliphatic hydroxyl groups excluding tert-OH is 1. The van der Waals surface area contributed by atoms with Crippen LogP contribution < -0.4 is 10.1 Å². The molecule has 1 unspecified atom stereocenters. The van der Waals surface area contributed by atoms with Crippen LogP contribution >= 0.6 is 34.8 Å². The molecule has 0 saturated carbocycles. The van der Waals surface area contributed by atoms with Gasteiger partial charge in [0.05, 0.1) is 5.02 Å². The Hall–Kier alpha value is -0.680. The van der Waals surface area contributed by atoms with Crippen LogP contribution in [0.2, 0.25) is 10.0 Å². The van der Waals surface area contributed by atoms with Crippen LogP contribution in [0.15, 0.2) is 18.2 Å². The SMILES string of the molecule is O=C(CCl)NCC(O)COc1cccc(Cl)c1Cl. The van der Waals surface area contributed by atoms with E-state index >= 15 is 0 Å². The first-order valence-corrected chi connectivity index (χ1v) is 6.41. The zero-order chi connectivity index (χ0) is 13.5. The lowest BCUT2D eigenvalue weighted by Gasteiger charge is -2.14. The van der Waals surface area contributed by atoms with Gasteiger partial charge in [-0.05, 0) is 12.1 Å². The van der Waals surface area contributed by atoms with Gasteiger partial charge >= 0.3 is 0 Å². The lowest BCUT2D eigenvalue weighted by molar-refractivity contribution is -0.119. The summed E-state index contributed by atoms with van der Waals surface area (Å²) in [6.07, 6.45) is -0.854. The number of halogens is 3. The van der Waals surface area contributed by atoms with Gasteiger partial charge in [0.15, 0.2) is 0 Å². The van der Waals surface area contributed by atoms with E-state index < -0.39 is 6.10 Å². The summed E-state index contributed by atoms with van der Waals surface area (Å²) < 4.78 is 5.29. The van der Waals surface area contributed by atoms with Crippen molar-refractivity contribution in [2.75, 3.05) is 19.0 Å². The molecule has 0 saturated heterocycles. The van der Waals surface area contributed by atoms with Gasteiger partial charge in [0.25, 0.3) is 0 Å². The molecule has 0 aliphatic heterocycles. The Kier molecular flexibility index (Phi) is 6.57. The lowest BCUT2D eigenvalue weighted by Crippen LogP contribution is -2.35. The van der Waals surface area contributed by atoms with Crippen LogP contribution in [-0.4, -0.2) is 36.1 Å². The second kappa shape index (κ2) is 7.69. The summed E-state index contributed by atoms with van der Waals surface area (Å²) >= 11 is 17.0. The number of carbonyl (C=O) groups is 1. The lowest BCUT2D eigenvalue weighted by atomic mass is 10.3. The average Bonchev–Trinajstić information content (AvgIpc) is 2.37. The summed E-state index contributed by atoms with van der Waals surface area (Å²) in [6.45, 7) is 0.0480. The molecule has 0 aliphatic carbocycles. The zero-order valence-corrected chi connectivity index (χ0v) is 11.6. The molecule has 0 radical (unpaired) electrons. The van der Waals surface area contributed by atoms with Crippen molar-refractivity contribution in [3.05, 3.63) is 28.2 Å². The van der Waals surface area contributed by atoms with E-state index in [-0.39, 0.29) is 30.0 Å². The molecule has 1 aromatic carbocycles. The first kappa shape index (κ1) is 15.4. The predicted molar refractivity (Wildman–Crippen MR) is 71.7 cm³/mol. The third-order valence-corrected chi connectivity index (χ3v) is 3.05. The molecule has 0 spiro atoms. The predicted octanol–water partition coefficient (Wildman–Crippen LogP) is 2.09. The largest absolute Gasteiger partial charge is 0.489 e. The highest BCUT2D eigenvalue weighted by molar-refractivity contribution is 6.42. The van der Waals surface area contributed by atoms with Crippen molar-refractivity contribution in [2.24, 2.45) is 0 Å². The number of alkyl halides is 1. The highest BCUT2D eigenvalue weighted by Gasteiger charge is 2.10. The number of rotatable bonds is 6. The van der Waals surface area contributed by atoms with Crippen molar-refractivity contribution >= 4 is 40.7 Å². The van der Waals surface area contributed by atoms with E-state index in [9.17, 15) is 9.90 Å². The zero-order valence-electron chi connectivity index (χ0n) is 9.33. The Balaban J connectivity index is 2.40. The summed E-state index contributed by atoms with van der Waals surface area (Å²) in [5.41, 5.74) is 0. The molecule has 0 bridgehead atoms. The van der Waals surface area contributed by atoms with Crippen LogP contribution in [0.1, 0.15) is 0 Å². The third-order valence-electron chi connectivity index (χ3n) is 2.00. The van der Waals surface area contributed by atoms with Crippen LogP contribution in [0, 0.1) is 0 Å². The van der Waals surface area contributed by atoms with Crippen molar-refractivity contribution in [1.82, 2.24) is 5.32 Å². The molecule has 7 heteroatoms. The Morgan fingerprint density at radius 3 is 2.83 bits per heavy atom. The van der Waals surface area contributed by atoms with Gasteiger partial charge < -0.3 is 15.2 Å². The Labute approximate surface area is 120 Å². The molecule has 100 valence electrons. The van der Waals surface area contributed by atoms with E-state index in [4.69, 9.17) is 39.5 Å². The molecule has 1 amide bonds. The van der Waals surface area contributed by atoms with Crippen molar-refractivity contribution in [2.45, 2.75) is 6.10 Å². The molecule has 1 aromatic rings. The quantitative estimate of drug-likeness (QED) is 0.791. The van der Waals surface area contributed by atoms with Crippen LogP contribution in [-0.2, 0) is 4.79 Å². The second-order valence-electron chi connectivity index (χ2n) is 3.45. The number of nitrogens with one attached hydrogen (secondary N) is 1. The fraction of sp³-hybridized carbons (Fsp3) is 0.364. The van der Waals surface area contributed by atoms with E-state index in [2.05, 4.69) is 5.32 Å². The van der Waals surface area contributed by atoms with Gasteiger partial charge in [-0.15, -0.1) is 11.6 Å². The maximum atomic E-state index is 10.9. The fourth-order valence-electron chi connectivity index (χ4n) is 1.12. The highest BCUT2D eigenvalue weighted by atomic mass is 35.5. The molecular weight excluding hydrogens is 300 g/mol. The smallest absolute Gasteiger partial charge is 0.235 e. The Morgan fingerprint density at radius 1 is 1.44 bits per heavy atom. The van der Waals surface area contributed by atoms with E-state index in [1.165, 1.54) is 0 Å². The molecule has 1 rings (SSSR count). The minimum absolute atomic E-state index is 0.0113. The first-order chi connectivity index (χ1) is 8.54. The number of ether oxygens (including phenoxy) is 1. The average molecular weight is 313 g/mol. The van der Waals surface area contributed by atoms with E-state index in [0.29, 0.717) is 10.8 Å². The maximum absolute atomic E-state index is 10.9. The molecule has 0 heterocycles. The number of hydrogen-bond acceptors (Lipinski definition) is 3. The van der Waals surface area contributed by atoms with Crippen molar-refractivity contribution in [1.29, 1.82) is 0 Å². The highest BCUT2D eigenvalue weighted by Crippen LogP contribution is 2.31.